The van der Waals surface area contributed by atoms with Gasteiger partial charge in [-0.25, -0.2) is 0 Å². The van der Waals surface area contributed by atoms with Crippen LogP contribution in [0.15, 0.2) is 23.3 Å². The van der Waals surface area contributed by atoms with Crippen LogP contribution >= 0.6 is 0 Å². The van der Waals surface area contributed by atoms with Crippen LogP contribution in [0.5, 0.6) is 0 Å². The molecule has 58 valence electrons. The Balaban J connectivity index is 3.70. The van der Waals surface area contributed by atoms with Crippen LogP contribution in [-0.2, 0) is 0 Å². The quantitative estimate of drug-likeness (QED) is 0.596. The maximum atomic E-state index is 8.41. The van der Waals surface area contributed by atoms with Crippen molar-refractivity contribution in [3.8, 4) is 0 Å². The van der Waals surface area contributed by atoms with Crippen LogP contribution in [0, 0.1) is 0 Å². The predicted molar refractivity (Wildman–Crippen MR) is 44.9 cm³/mol. The van der Waals surface area contributed by atoms with Gasteiger partial charge in [0.15, 0.2) is 0 Å². The molecule has 0 fully saturated rings. The van der Waals surface area contributed by atoms with E-state index in [1.54, 1.807) is 6.08 Å². The molecular formula is C9H16O. The highest BCUT2D eigenvalue weighted by Crippen LogP contribution is 2.06. The van der Waals surface area contributed by atoms with Gasteiger partial charge in [0, 0.05) is 0 Å². The summed E-state index contributed by atoms with van der Waals surface area (Å²) >= 11 is 0. The largest absolute Gasteiger partial charge is 0.392 e. The van der Waals surface area contributed by atoms with Crippen LogP contribution in [0.1, 0.15) is 27.2 Å². The molecule has 0 aromatic heterocycles. The molecule has 0 aliphatic rings. The first kappa shape index (κ1) is 9.44. The molecule has 0 atom stereocenters. The third kappa shape index (κ3) is 4.33. The molecule has 0 rings (SSSR count). The molecule has 1 heteroatoms. The molecule has 0 unspecified atom stereocenters. The predicted octanol–water partition coefficient (Wildman–Crippen LogP) is 2.28. The highest BCUT2D eigenvalue weighted by molar-refractivity contribution is 5.10. The van der Waals surface area contributed by atoms with Crippen LogP contribution in [0.2, 0.25) is 0 Å². The van der Waals surface area contributed by atoms with E-state index in [1.165, 1.54) is 11.1 Å². The average Bonchev–Trinajstić information content (AvgIpc) is 1.88. The number of hydrogen-bond donors (Lipinski definition) is 1. The molecule has 0 aliphatic heterocycles. The molecule has 0 saturated heterocycles. The minimum absolute atomic E-state index is 0.149. The highest BCUT2D eigenvalue weighted by atomic mass is 16.2. The summed E-state index contributed by atoms with van der Waals surface area (Å²) in [5, 5.41) is 8.41. The summed E-state index contributed by atoms with van der Waals surface area (Å²) in [6, 6.07) is 0. The lowest BCUT2D eigenvalue weighted by molar-refractivity contribution is 0.342. The summed E-state index contributed by atoms with van der Waals surface area (Å²) in [5.41, 5.74) is 2.74. The first-order chi connectivity index (χ1) is 4.68. The number of allylic oxidation sites excluding steroid dienone is 3. The summed E-state index contributed by atoms with van der Waals surface area (Å²) in [4.78, 5) is 0. The third-order valence-corrected chi connectivity index (χ3v) is 1.55. The zero-order chi connectivity index (χ0) is 7.98. The Kier molecular flexibility index (Phi) is 4.95. The summed E-state index contributed by atoms with van der Waals surface area (Å²) in [5.74, 6) is 0. The Morgan fingerprint density at radius 1 is 1.20 bits per heavy atom. The zero-order valence-electron chi connectivity index (χ0n) is 7.02. The Morgan fingerprint density at radius 2 is 1.80 bits per heavy atom. The second-order valence-corrected chi connectivity index (χ2v) is 2.64. The van der Waals surface area contributed by atoms with E-state index in [4.69, 9.17) is 5.11 Å². The second kappa shape index (κ2) is 5.24. The summed E-state index contributed by atoms with van der Waals surface area (Å²) in [6.07, 6.45) is 4.72. The molecule has 1 N–H and O–H groups in total. The number of aliphatic hydroxyl groups is 1. The van der Waals surface area contributed by atoms with Crippen LogP contribution < -0.4 is 0 Å². The lowest BCUT2D eigenvalue weighted by Gasteiger charge is -1.97. The van der Waals surface area contributed by atoms with E-state index in [0.717, 1.165) is 6.42 Å². The average molecular weight is 140 g/mol. The van der Waals surface area contributed by atoms with Gasteiger partial charge in [-0.3, -0.25) is 0 Å². The molecule has 1 nitrogen and oxygen atoms in total. The molecule has 10 heavy (non-hydrogen) atoms. The number of hydrogen-bond acceptors (Lipinski definition) is 1. The second-order valence-electron chi connectivity index (χ2n) is 2.64. The molecule has 0 heterocycles. The smallest absolute Gasteiger partial charge is 0.0612 e. The van der Waals surface area contributed by atoms with Crippen molar-refractivity contribution in [1.82, 2.24) is 0 Å². The van der Waals surface area contributed by atoms with Crippen molar-refractivity contribution in [2.45, 2.75) is 27.2 Å². The van der Waals surface area contributed by atoms with Crippen molar-refractivity contribution < 1.29 is 5.11 Å². The highest BCUT2D eigenvalue weighted by Gasteiger charge is 1.86. The first-order valence-corrected chi connectivity index (χ1v) is 3.57. The molecule has 0 spiro atoms. The monoisotopic (exact) mass is 140 g/mol. The number of aliphatic hydroxyl groups excluding tert-OH is 1. The summed E-state index contributed by atoms with van der Waals surface area (Å²) < 4.78 is 0. The Morgan fingerprint density at radius 3 is 2.20 bits per heavy atom. The zero-order valence-corrected chi connectivity index (χ0v) is 7.02. The standard InChI is InChI=1S/C9H16O/c1-8(2)9(3)6-4-5-7-10/h4-5,10H,6-7H2,1-3H3/b5-4+. The van der Waals surface area contributed by atoms with Crippen molar-refractivity contribution in [1.29, 1.82) is 0 Å². The van der Waals surface area contributed by atoms with Gasteiger partial charge in [0.05, 0.1) is 6.61 Å². The molecule has 0 radical (unpaired) electrons. The first-order valence-electron chi connectivity index (χ1n) is 3.57. The van der Waals surface area contributed by atoms with Crippen LogP contribution in [-0.4, -0.2) is 11.7 Å². The molecule has 0 saturated carbocycles. The van der Waals surface area contributed by atoms with Gasteiger partial charge in [0.25, 0.3) is 0 Å². The van der Waals surface area contributed by atoms with Crippen molar-refractivity contribution >= 4 is 0 Å². The Labute approximate surface area is 63.1 Å². The Hall–Kier alpha value is -0.560. The maximum Gasteiger partial charge on any atom is 0.0612 e. The van der Waals surface area contributed by atoms with Gasteiger partial charge in [-0.05, 0) is 27.2 Å². The maximum absolute atomic E-state index is 8.41. The molecule has 0 bridgehead atoms. The van der Waals surface area contributed by atoms with Gasteiger partial charge >= 0.3 is 0 Å². The van der Waals surface area contributed by atoms with E-state index >= 15 is 0 Å². The van der Waals surface area contributed by atoms with Crippen molar-refractivity contribution in [3.05, 3.63) is 23.3 Å². The van der Waals surface area contributed by atoms with Gasteiger partial charge in [-0.1, -0.05) is 23.3 Å². The van der Waals surface area contributed by atoms with Gasteiger partial charge in [-0.2, -0.15) is 0 Å². The molecule has 0 aromatic rings. The lowest BCUT2D eigenvalue weighted by Crippen LogP contribution is -1.78. The van der Waals surface area contributed by atoms with Crippen LogP contribution in [0.4, 0.5) is 0 Å². The van der Waals surface area contributed by atoms with Gasteiger partial charge in [-0.15, -0.1) is 0 Å². The van der Waals surface area contributed by atoms with Gasteiger partial charge < -0.3 is 5.11 Å². The molecule has 0 aliphatic carbocycles. The third-order valence-electron chi connectivity index (χ3n) is 1.55. The van der Waals surface area contributed by atoms with E-state index in [2.05, 4.69) is 20.8 Å². The minimum Gasteiger partial charge on any atom is -0.392 e. The van der Waals surface area contributed by atoms with Crippen molar-refractivity contribution in [3.63, 3.8) is 0 Å². The molecule has 0 amide bonds. The van der Waals surface area contributed by atoms with E-state index in [-0.39, 0.29) is 6.61 Å². The minimum atomic E-state index is 0.149. The fourth-order valence-corrected chi connectivity index (χ4v) is 0.539. The summed E-state index contributed by atoms with van der Waals surface area (Å²) in [6.45, 7) is 6.46. The topological polar surface area (TPSA) is 20.2 Å². The van der Waals surface area contributed by atoms with Crippen LogP contribution in [0.3, 0.4) is 0 Å². The van der Waals surface area contributed by atoms with Crippen molar-refractivity contribution in [2.75, 3.05) is 6.61 Å². The summed E-state index contributed by atoms with van der Waals surface area (Å²) in [7, 11) is 0. The Bertz CT molecular complexity index is 139. The van der Waals surface area contributed by atoms with Crippen molar-refractivity contribution in [2.24, 2.45) is 0 Å². The van der Waals surface area contributed by atoms with E-state index < -0.39 is 0 Å². The van der Waals surface area contributed by atoms with Gasteiger partial charge in [0.2, 0.25) is 0 Å². The lowest BCUT2D eigenvalue weighted by atomic mass is 10.1. The number of rotatable bonds is 3. The SMILES string of the molecule is CC(C)=C(C)C/C=C/CO. The fraction of sp³-hybridized carbons (Fsp3) is 0.556. The molecule has 0 aromatic carbocycles. The van der Waals surface area contributed by atoms with E-state index in [9.17, 15) is 0 Å². The fourth-order valence-electron chi connectivity index (χ4n) is 0.539. The van der Waals surface area contributed by atoms with E-state index in [0.29, 0.717) is 0 Å². The van der Waals surface area contributed by atoms with E-state index in [1.807, 2.05) is 6.08 Å². The van der Waals surface area contributed by atoms with Crippen LogP contribution in [0.25, 0.3) is 0 Å². The molecular weight excluding hydrogens is 124 g/mol. The van der Waals surface area contributed by atoms with Gasteiger partial charge in [0.1, 0.15) is 0 Å². The normalized spacial score (nSPS) is 10.4.